The van der Waals surface area contributed by atoms with Crippen LogP contribution >= 0.6 is 0 Å². The van der Waals surface area contributed by atoms with Crippen LogP contribution in [0.1, 0.15) is 44.0 Å². The summed E-state index contributed by atoms with van der Waals surface area (Å²) in [7, 11) is 0. The number of hydrogen-bond acceptors (Lipinski definition) is 3. The number of nitrogens with one attached hydrogen (secondary N) is 1. The van der Waals surface area contributed by atoms with Crippen LogP contribution in [0.3, 0.4) is 0 Å². The molecule has 0 bridgehead atoms. The van der Waals surface area contributed by atoms with E-state index in [1.54, 1.807) is 0 Å². The Morgan fingerprint density at radius 2 is 2.00 bits per heavy atom. The molecular formula is C20H26N4. The lowest BCUT2D eigenvalue weighted by Crippen LogP contribution is -2.16. The van der Waals surface area contributed by atoms with Crippen molar-refractivity contribution in [2.45, 2.75) is 52.5 Å². The van der Waals surface area contributed by atoms with Crippen molar-refractivity contribution in [3.63, 3.8) is 0 Å². The minimum Gasteiger partial charge on any atom is -0.365 e. The first-order valence-electron chi connectivity index (χ1n) is 8.86. The number of rotatable bonds is 7. The third-order valence-corrected chi connectivity index (χ3v) is 4.49. The lowest BCUT2D eigenvalue weighted by molar-refractivity contribution is 0.755. The van der Waals surface area contributed by atoms with Gasteiger partial charge in [0.15, 0.2) is 11.5 Å². The highest BCUT2D eigenvalue weighted by molar-refractivity contribution is 5.63. The van der Waals surface area contributed by atoms with E-state index in [1.807, 2.05) is 12.4 Å². The van der Waals surface area contributed by atoms with Gasteiger partial charge in [0.25, 0.3) is 0 Å². The monoisotopic (exact) mass is 322 g/mol. The average molecular weight is 322 g/mol. The van der Waals surface area contributed by atoms with Gasteiger partial charge < -0.3 is 9.72 Å². The van der Waals surface area contributed by atoms with Crippen molar-refractivity contribution in [2.75, 3.05) is 5.32 Å². The van der Waals surface area contributed by atoms with E-state index in [-0.39, 0.29) is 0 Å². The van der Waals surface area contributed by atoms with Crippen LogP contribution in [0.25, 0.3) is 5.65 Å². The van der Waals surface area contributed by atoms with Gasteiger partial charge in [-0.3, -0.25) is 0 Å². The molecule has 24 heavy (non-hydrogen) atoms. The van der Waals surface area contributed by atoms with Crippen LogP contribution in [0, 0.1) is 0 Å². The lowest BCUT2D eigenvalue weighted by Gasteiger charge is -2.14. The molecule has 4 nitrogen and oxygen atoms in total. The standard InChI is InChI=1S/C20H26N4/c1-4-15(3)22-19-20-21-11-12-24(20)14-18(23-19)10-9-17-8-6-7-16(5-2)13-17/h6-8,11-15H,4-5,9-10H2,1-3H3,(H,22,23). The van der Waals surface area contributed by atoms with E-state index in [1.165, 1.54) is 11.1 Å². The maximum atomic E-state index is 4.82. The smallest absolute Gasteiger partial charge is 0.180 e. The van der Waals surface area contributed by atoms with Gasteiger partial charge in [0.05, 0.1) is 5.69 Å². The van der Waals surface area contributed by atoms with Crippen LogP contribution in [0.5, 0.6) is 0 Å². The van der Waals surface area contributed by atoms with E-state index in [4.69, 9.17) is 4.98 Å². The number of aryl methyl sites for hydroxylation is 3. The normalized spacial score (nSPS) is 12.5. The van der Waals surface area contributed by atoms with Crippen molar-refractivity contribution in [3.05, 3.63) is 59.7 Å². The molecule has 1 aromatic carbocycles. The zero-order valence-corrected chi connectivity index (χ0v) is 14.8. The van der Waals surface area contributed by atoms with E-state index in [9.17, 15) is 0 Å². The molecule has 1 atom stereocenters. The van der Waals surface area contributed by atoms with Crippen LogP contribution in [-0.4, -0.2) is 20.4 Å². The minimum atomic E-state index is 0.384. The van der Waals surface area contributed by atoms with Gasteiger partial charge in [-0.15, -0.1) is 0 Å². The number of fused-ring (bicyclic) bond motifs is 1. The van der Waals surface area contributed by atoms with Crippen LogP contribution < -0.4 is 5.32 Å². The van der Waals surface area contributed by atoms with Gasteiger partial charge in [-0.05, 0) is 43.7 Å². The average Bonchev–Trinajstić information content (AvgIpc) is 3.09. The molecule has 0 saturated carbocycles. The van der Waals surface area contributed by atoms with E-state index in [2.05, 4.69) is 65.9 Å². The van der Waals surface area contributed by atoms with Gasteiger partial charge >= 0.3 is 0 Å². The third kappa shape index (κ3) is 3.75. The fourth-order valence-corrected chi connectivity index (χ4v) is 2.81. The Hall–Kier alpha value is -2.36. The summed E-state index contributed by atoms with van der Waals surface area (Å²) in [4.78, 5) is 9.25. The molecule has 3 rings (SSSR count). The summed E-state index contributed by atoms with van der Waals surface area (Å²) in [6.07, 6.45) is 9.97. The second-order valence-electron chi connectivity index (χ2n) is 6.37. The van der Waals surface area contributed by atoms with Crippen LogP contribution in [-0.2, 0) is 19.3 Å². The summed E-state index contributed by atoms with van der Waals surface area (Å²) in [5.41, 5.74) is 4.75. The Morgan fingerprint density at radius 3 is 2.79 bits per heavy atom. The van der Waals surface area contributed by atoms with Crippen molar-refractivity contribution in [3.8, 4) is 0 Å². The molecule has 2 heterocycles. The van der Waals surface area contributed by atoms with E-state index in [0.717, 1.165) is 42.8 Å². The Balaban J connectivity index is 1.81. The van der Waals surface area contributed by atoms with E-state index in [0.29, 0.717) is 6.04 Å². The summed E-state index contributed by atoms with van der Waals surface area (Å²) in [6.45, 7) is 6.54. The van der Waals surface area contributed by atoms with Gasteiger partial charge in [-0.25, -0.2) is 9.97 Å². The second-order valence-corrected chi connectivity index (χ2v) is 6.37. The molecule has 0 amide bonds. The predicted octanol–water partition coefficient (Wildman–Crippen LogP) is 4.29. The molecule has 1 N–H and O–H groups in total. The molecule has 0 saturated heterocycles. The van der Waals surface area contributed by atoms with Crippen molar-refractivity contribution >= 4 is 11.5 Å². The lowest BCUT2D eigenvalue weighted by atomic mass is 10.0. The van der Waals surface area contributed by atoms with Crippen LogP contribution in [0.15, 0.2) is 42.9 Å². The molecule has 2 aromatic heterocycles. The molecule has 0 aliphatic heterocycles. The minimum absolute atomic E-state index is 0.384. The number of benzene rings is 1. The molecule has 0 radical (unpaired) electrons. The van der Waals surface area contributed by atoms with Crippen molar-refractivity contribution in [1.82, 2.24) is 14.4 Å². The molecule has 0 spiro atoms. The highest BCUT2D eigenvalue weighted by Crippen LogP contribution is 2.17. The molecule has 0 aliphatic carbocycles. The zero-order chi connectivity index (χ0) is 16.9. The Labute approximate surface area is 144 Å². The maximum Gasteiger partial charge on any atom is 0.180 e. The third-order valence-electron chi connectivity index (χ3n) is 4.49. The zero-order valence-electron chi connectivity index (χ0n) is 14.8. The van der Waals surface area contributed by atoms with E-state index >= 15 is 0 Å². The van der Waals surface area contributed by atoms with Gasteiger partial charge in [0.1, 0.15) is 0 Å². The maximum absolute atomic E-state index is 4.82. The van der Waals surface area contributed by atoms with Gasteiger partial charge in [0.2, 0.25) is 0 Å². The number of anilines is 1. The second kappa shape index (κ2) is 7.47. The SMILES string of the molecule is CCc1cccc(CCc2cn3ccnc3c(NC(C)CC)n2)c1. The summed E-state index contributed by atoms with van der Waals surface area (Å²) in [6, 6.07) is 9.22. The summed E-state index contributed by atoms with van der Waals surface area (Å²) in [5.74, 6) is 0.883. The molecule has 126 valence electrons. The first-order chi connectivity index (χ1) is 11.7. The summed E-state index contributed by atoms with van der Waals surface area (Å²) >= 11 is 0. The quantitative estimate of drug-likeness (QED) is 0.705. The topological polar surface area (TPSA) is 42.2 Å². The van der Waals surface area contributed by atoms with Crippen molar-refractivity contribution in [2.24, 2.45) is 0 Å². The fourth-order valence-electron chi connectivity index (χ4n) is 2.81. The number of nitrogens with zero attached hydrogens (tertiary/aromatic N) is 3. The molecule has 1 unspecified atom stereocenters. The van der Waals surface area contributed by atoms with Gasteiger partial charge in [0, 0.05) is 24.6 Å². The molecule has 3 aromatic rings. The first kappa shape index (κ1) is 16.5. The van der Waals surface area contributed by atoms with E-state index < -0.39 is 0 Å². The Bertz CT molecular complexity index is 806. The Morgan fingerprint density at radius 1 is 1.17 bits per heavy atom. The number of hydrogen-bond donors (Lipinski definition) is 1. The van der Waals surface area contributed by atoms with Gasteiger partial charge in [-0.2, -0.15) is 0 Å². The van der Waals surface area contributed by atoms with Crippen LogP contribution in [0.4, 0.5) is 5.82 Å². The molecule has 0 aliphatic rings. The molecule has 4 heteroatoms. The first-order valence-corrected chi connectivity index (χ1v) is 8.86. The van der Waals surface area contributed by atoms with Crippen LogP contribution in [0.2, 0.25) is 0 Å². The largest absolute Gasteiger partial charge is 0.365 e. The van der Waals surface area contributed by atoms with Crippen molar-refractivity contribution < 1.29 is 0 Å². The Kier molecular flexibility index (Phi) is 5.14. The molecule has 0 fully saturated rings. The van der Waals surface area contributed by atoms with Crippen molar-refractivity contribution in [1.29, 1.82) is 0 Å². The highest BCUT2D eigenvalue weighted by Gasteiger charge is 2.10. The summed E-state index contributed by atoms with van der Waals surface area (Å²) < 4.78 is 2.06. The number of aromatic nitrogens is 3. The highest BCUT2D eigenvalue weighted by atomic mass is 15.1. The molecular weight excluding hydrogens is 296 g/mol. The predicted molar refractivity (Wildman–Crippen MR) is 99.6 cm³/mol. The fraction of sp³-hybridized carbons (Fsp3) is 0.400. The van der Waals surface area contributed by atoms with Gasteiger partial charge in [-0.1, -0.05) is 38.1 Å². The summed E-state index contributed by atoms with van der Waals surface area (Å²) in [5, 5.41) is 3.48. The number of imidazole rings is 1.